The summed E-state index contributed by atoms with van der Waals surface area (Å²) in [6.45, 7) is 20.1. The van der Waals surface area contributed by atoms with Gasteiger partial charge in [-0.25, -0.2) is 0 Å². The molecule has 120 valence electrons. The number of nitrogens with zero attached hydrogens (tertiary/aromatic N) is 1. The second-order valence-corrected chi connectivity index (χ2v) is 8.27. The normalized spacial score (nSPS) is 25.9. The van der Waals surface area contributed by atoms with E-state index in [1.165, 1.54) is 38.8 Å². The highest BCUT2D eigenvalue weighted by Crippen LogP contribution is 2.31. The molecule has 1 aliphatic heterocycles. The van der Waals surface area contributed by atoms with E-state index in [9.17, 15) is 0 Å². The van der Waals surface area contributed by atoms with Gasteiger partial charge < -0.3 is 5.32 Å². The minimum atomic E-state index is 0.219. The van der Waals surface area contributed by atoms with Crippen molar-refractivity contribution < 1.29 is 0 Å². The Balaban J connectivity index is 2.69. The quantitative estimate of drug-likeness (QED) is 0.781. The Morgan fingerprint density at radius 2 is 1.65 bits per heavy atom. The van der Waals surface area contributed by atoms with Gasteiger partial charge in [-0.2, -0.15) is 0 Å². The van der Waals surface area contributed by atoms with Crippen LogP contribution in [-0.4, -0.2) is 36.1 Å². The molecule has 2 unspecified atom stereocenters. The monoisotopic (exact) mass is 282 g/mol. The molecule has 0 aromatic rings. The maximum Gasteiger partial charge on any atom is 0.00967 e. The first-order chi connectivity index (χ1) is 9.21. The summed E-state index contributed by atoms with van der Waals surface area (Å²) in [7, 11) is 0. The molecule has 0 bridgehead atoms. The molecule has 2 nitrogen and oxygen atoms in total. The molecule has 1 saturated heterocycles. The van der Waals surface area contributed by atoms with Gasteiger partial charge in [-0.05, 0) is 64.7 Å². The number of hydrogen-bond donors (Lipinski definition) is 1. The van der Waals surface area contributed by atoms with Crippen molar-refractivity contribution >= 4 is 0 Å². The summed E-state index contributed by atoms with van der Waals surface area (Å²) in [5.74, 6) is 0.869. The van der Waals surface area contributed by atoms with E-state index in [1.807, 2.05) is 0 Å². The van der Waals surface area contributed by atoms with Gasteiger partial charge in [-0.3, -0.25) is 4.90 Å². The molecule has 1 fully saturated rings. The standard InChI is InChI=1S/C18H38N2/c1-8-18(9-2,13-19-17(5,6)7)14-20-12-15(3)10-11-16(20)4/h15-16,19H,8-14H2,1-7H3. The van der Waals surface area contributed by atoms with Crippen molar-refractivity contribution in [2.75, 3.05) is 19.6 Å². The lowest BCUT2D eigenvalue weighted by atomic mass is 9.79. The van der Waals surface area contributed by atoms with E-state index in [0.717, 1.165) is 18.5 Å². The molecule has 0 aromatic carbocycles. The second kappa shape index (κ2) is 7.26. The van der Waals surface area contributed by atoms with E-state index in [0.29, 0.717) is 5.41 Å². The molecule has 0 aliphatic carbocycles. The Hall–Kier alpha value is -0.0800. The summed E-state index contributed by atoms with van der Waals surface area (Å²) in [5, 5.41) is 3.75. The number of hydrogen-bond acceptors (Lipinski definition) is 2. The minimum absolute atomic E-state index is 0.219. The minimum Gasteiger partial charge on any atom is -0.311 e. The first kappa shape index (κ1) is 18.0. The van der Waals surface area contributed by atoms with Gasteiger partial charge in [0.05, 0.1) is 0 Å². The van der Waals surface area contributed by atoms with Crippen LogP contribution >= 0.6 is 0 Å². The van der Waals surface area contributed by atoms with Crippen LogP contribution in [-0.2, 0) is 0 Å². The Kier molecular flexibility index (Phi) is 6.53. The van der Waals surface area contributed by atoms with E-state index < -0.39 is 0 Å². The van der Waals surface area contributed by atoms with Crippen LogP contribution in [0, 0.1) is 11.3 Å². The third-order valence-corrected chi connectivity index (χ3v) is 5.28. The van der Waals surface area contributed by atoms with Crippen LogP contribution in [0.4, 0.5) is 0 Å². The highest BCUT2D eigenvalue weighted by molar-refractivity contribution is 4.89. The van der Waals surface area contributed by atoms with Crippen molar-refractivity contribution in [3.63, 3.8) is 0 Å². The van der Waals surface area contributed by atoms with Gasteiger partial charge in [-0.15, -0.1) is 0 Å². The van der Waals surface area contributed by atoms with Gasteiger partial charge in [0.15, 0.2) is 0 Å². The zero-order valence-electron chi connectivity index (χ0n) is 15.1. The summed E-state index contributed by atoms with van der Waals surface area (Å²) in [5.41, 5.74) is 0.648. The molecule has 1 rings (SSSR count). The lowest BCUT2D eigenvalue weighted by Crippen LogP contribution is -2.52. The molecule has 0 radical (unpaired) electrons. The Morgan fingerprint density at radius 3 is 2.15 bits per heavy atom. The molecule has 1 heterocycles. The van der Waals surface area contributed by atoms with Crippen LogP contribution in [0.3, 0.4) is 0 Å². The predicted molar refractivity (Wildman–Crippen MR) is 90.2 cm³/mol. The van der Waals surface area contributed by atoms with Crippen molar-refractivity contribution in [1.82, 2.24) is 10.2 Å². The van der Waals surface area contributed by atoms with Gasteiger partial charge in [-0.1, -0.05) is 20.8 Å². The van der Waals surface area contributed by atoms with Gasteiger partial charge in [0.2, 0.25) is 0 Å². The van der Waals surface area contributed by atoms with Crippen LogP contribution < -0.4 is 5.32 Å². The van der Waals surface area contributed by atoms with Crippen LogP contribution in [0.1, 0.15) is 74.1 Å². The zero-order valence-corrected chi connectivity index (χ0v) is 15.1. The summed E-state index contributed by atoms with van der Waals surface area (Å²) in [6, 6.07) is 0.762. The fourth-order valence-corrected chi connectivity index (χ4v) is 3.26. The number of nitrogens with one attached hydrogen (secondary N) is 1. The lowest BCUT2D eigenvalue weighted by molar-refractivity contribution is 0.0574. The molecular formula is C18H38N2. The summed E-state index contributed by atoms with van der Waals surface area (Å²) in [4.78, 5) is 2.76. The maximum atomic E-state index is 3.75. The average Bonchev–Trinajstić information content (AvgIpc) is 2.38. The zero-order chi connectivity index (χ0) is 15.4. The van der Waals surface area contributed by atoms with Crippen molar-refractivity contribution in [3.8, 4) is 0 Å². The SMILES string of the molecule is CCC(CC)(CNC(C)(C)C)CN1CC(C)CCC1C. The summed E-state index contributed by atoms with van der Waals surface area (Å²) in [6.07, 6.45) is 5.31. The predicted octanol–water partition coefficient (Wildman–Crippen LogP) is 4.30. The summed E-state index contributed by atoms with van der Waals surface area (Å²) >= 11 is 0. The van der Waals surface area contributed by atoms with E-state index in [4.69, 9.17) is 0 Å². The maximum absolute atomic E-state index is 3.75. The fraction of sp³-hybridized carbons (Fsp3) is 1.00. The average molecular weight is 283 g/mol. The highest BCUT2D eigenvalue weighted by Gasteiger charge is 2.33. The van der Waals surface area contributed by atoms with Crippen LogP contribution in [0.2, 0.25) is 0 Å². The molecule has 1 aliphatic rings. The van der Waals surface area contributed by atoms with Crippen molar-refractivity contribution in [1.29, 1.82) is 0 Å². The molecule has 0 spiro atoms. The van der Waals surface area contributed by atoms with E-state index in [1.54, 1.807) is 0 Å². The van der Waals surface area contributed by atoms with E-state index >= 15 is 0 Å². The number of likely N-dealkylation sites (tertiary alicyclic amines) is 1. The topological polar surface area (TPSA) is 15.3 Å². The lowest BCUT2D eigenvalue weighted by Gasteiger charge is -2.44. The number of piperidine rings is 1. The molecule has 1 N–H and O–H groups in total. The fourth-order valence-electron chi connectivity index (χ4n) is 3.26. The molecule has 2 heteroatoms. The number of rotatable bonds is 6. The molecular weight excluding hydrogens is 244 g/mol. The second-order valence-electron chi connectivity index (χ2n) is 8.27. The highest BCUT2D eigenvalue weighted by atomic mass is 15.2. The van der Waals surface area contributed by atoms with Gasteiger partial charge in [0.1, 0.15) is 0 Å². The van der Waals surface area contributed by atoms with Gasteiger partial charge in [0.25, 0.3) is 0 Å². The Labute approximate surface area is 127 Å². The van der Waals surface area contributed by atoms with E-state index in [2.05, 4.69) is 58.7 Å². The van der Waals surface area contributed by atoms with Crippen LogP contribution in [0.15, 0.2) is 0 Å². The van der Waals surface area contributed by atoms with Crippen LogP contribution in [0.25, 0.3) is 0 Å². The van der Waals surface area contributed by atoms with Crippen molar-refractivity contribution in [2.24, 2.45) is 11.3 Å². The van der Waals surface area contributed by atoms with Crippen molar-refractivity contribution in [2.45, 2.75) is 85.7 Å². The Morgan fingerprint density at radius 1 is 1.05 bits per heavy atom. The smallest absolute Gasteiger partial charge is 0.00967 e. The first-order valence-corrected chi connectivity index (χ1v) is 8.70. The molecule has 0 saturated carbocycles. The summed E-state index contributed by atoms with van der Waals surface area (Å²) < 4.78 is 0. The first-order valence-electron chi connectivity index (χ1n) is 8.70. The third-order valence-electron chi connectivity index (χ3n) is 5.28. The van der Waals surface area contributed by atoms with Gasteiger partial charge in [0, 0.05) is 31.2 Å². The Bertz CT molecular complexity index is 276. The van der Waals surface area contributed by atoms with E-state index in [-0.39, 0.29) is 5.54 Å². The van der Waals surface area contributed by atoms with Gasteiger partial charge >= 0.3 is 0 Å². The molecule has 0 aromatic heterocycles. The molecule has 2 atom stereocenters. The molecule has 20 heavy (non-hydrogen) atoms. The van der Waals surface area contributed by atoms with Crippen molar-refractivity contribution in [3.05, 3.63) is 0 Å². The molecule has 0 amide bonds. The largest absolute Gasteiger partial charge is 0.311 e. The third kappa shape index (κ3) is 5.37. The van der Waals surface area contributed by atoms with Crippen LogP contribution in [0.5, 0.6) is 0 Å².